The van der Waals surface area contributed by atoms with Crippen LogP contribution in [0, 0.1) is 12.8 Å². The van der Waals surface area contributed by atoms with Crippen molar-refractivity contribution in [3.63, 3.8) is 0 Å². The van der Waals surface area contributed by atoms with Crippen LogP contribution < -0.4 is 11.3 Å². The first-order chi connectivity index (χ1) is 8.13. The lowest BCUT2D eigenvalue weighted by molar-refractivity contribution is 0.0954. The van der Waals surface area contributed by atoms with Crippen LogP contribution in [-0.2, 0) is 4.74 Å². The number of aryl methyl sites for hydroxylation is 1. The molecule has 3 nitrogen and oxygen atoms in total. The zero-order valence-corrected chi connectivity index (χ0v) is 11.0. The Balaban J connectivity index is 2.25. The van der Waals surface area contributed by atoms with Gasteiger partial charge in [-0.3, -0.25) is 11.3 Å². The highest BCUT2D eigenvalue weighted by Gasteiger charge is 2.32. The zero-order chi connectivity index (χ0) is 12.4. The van der Waals surface area contributed by atoms with Gasteiger partial charge < -0.3 is 4.74 Å². The van der Waals surface area contributed by atoms with E-state index in [0.717, 1.165) is 29.2 Å². The van der Waals surface area contributed by atoms with Gasteiger partial charge in [0.25, 0.3) is 0 Å². The van der Waals surface area contributed by atoms with Crippen molar-refractivity contribution in [2.45, 2.75) is 32.4 Å². The molecule has 1 aromatic rings. The summed E-state index contributed by atoms with van der Waals surface area (Å²) in [5.74, 6) is 6.09. The fraction of sp³-hybridized carbons (Fsp3) is 0.538. The molecule has 0 aromatic heterocycles. The number of rotatable bonds is 3. The molecule has 17 heavy (non-hydrogen) atoms. The molecule has 3 unspecified atom stereocenters. The van der Waals surface area contributed by atoms with Crippen LogP contribution in [0.25, 0.3) is 0 Å². The van der Waals surface area contributed by atoms with E-state index in [2.05, 4.69) is 18.4 Å². The van der Waals surface area contributed by atoms with Crippen molar-refractivity contribution in [2.24, 2.45) is 11.8 Å². The first kappa shape index (κ1) is 12.8. The molecular weight excluding hydrogens is 236 g/mol. The Morgan fingerprint density at radius 1 is 1.53 bits per heavy atom. The lowest BCUT2D eigenvalue weighted by Crippen LogP contribution is -2.36. The molecule has 0 aliphatic carbocycles. The fourth-order valence-corrected chi connectivity index (χ4v) is 2.64. The summed E-state index contributed by atoms with van der Waals surface area (Å²) in [5, 5.41) is 0.786. The molecule has 0 saturated carbocycles. The molecule has 94 valence electrons. The van der Waals surface area contributed by atoms with Gasteiger partial charge in [-0.2, -0.15) is 0 Å². The Kier molecular flexibility index (Phi) is 4.05. The van der Waals surface area contributed by atoms with Gasteiger partial charge >= 0.3 is 0 Å². The molecule has 0 spiro atoms. The summed E-state index contributed by atoms with van der Waals surface area (Å²) in [6, 6.07) is 6.21. The predicted molar refractivity (Wildman–Crippen MR) is 69.8 cm³/mol. The van der Waals surface area contributed by atoms with Crippen LogP contribution in [-0.4, -0.2) is 12.7 Å². The van der Waals surface area contributed by atoms with Crippen molar-refractivity contribution in [3.8, 4) is 0 Å². The average molecular weight is 255 g/mol. The van der Waals surface area contributed by atoms with Crippen LogP contribution in [0.5, 0.6) is 0 Å². The molecule has 1 saturated heterocycles. The van der Waals surface area contributed by atoms with Crippen LogP contribution in [0.4, 0.5) is 0 Å². The second-order valence-electron chi connectivity index (χ2n) is 4.68. The van der Waals surface area contributed by atoms with E-state index in [1.807, 2.05) is 19.1 Å². The predicted octanol–water partition coefficient (Wildman–Crippen LogP) is 2.58. The Hall–Kier alpha value is -0.610. The van der Waals surface area contributed by atoms with Crippen molar-refractivity contribution in [1.29, 1.82) is 0 Å². The maximum Gasteiger partial charge on any atom is 0.0594 e. The van der Waals surface area contributed by atoms with Crippen molar-refractivity contribution >= 4 is 11.6 Å². The Labute approximate surface area is 107 Å². The summed E-state index contributed by atoms with van der Waals surface area (Å²) < 4.78 is 5.60. The van der Waals surface area contributed by atoms with Gasteiger partial charge in [0.15, 0.2) is 0 Å². The normalized spacial score (nSPS) is 26.1. The molecule has 1 heterocycles. The average Bonchev–Trinajstić information content (AvgIpc) is 2.71. The molecular formula is C13H19ClN2O. The lowest BCUT2D eigenvalue weighted by Gasteiger charge is -2.25. The van der Waals surface area contributed by atoms with Crippen LogP contribution >= 0.6 is 11.6 Å². The standard InChI is InChI=1S/C13H19ClN2O/c1-8-3-4-10(7-12(8)14)13(16-15)11-5-6-17-9(11)2/h3-4,7,9,11,13,16H,5-6,15H2,1-2H3. The Morgan fingerprint density at radius 2 is 2.29 bits per heavy atom. The Morgan fingerprint density at radius 3 is 2.82 bits per heavy atom. The van der Waals surface area contributed by atoms with Gasteiger partial charge in [0.05, 0.1) is 12.1 Å². The maximum absolute atomic E-state index is 6.16. The topological polar surface area (TPSA) is 47.3 Å². The van der Waals surface area contributed by atoms with E-state index in [0.29, 0.717) is 5.92 Å². The van der Waals surface area contributed by atoms with E-state index >= 15 is 0 Å². The first-order valence-electron chi connectivity index (χ1n) is 5.97. The minimum atomic E-state index is 0.102. The van der Waals surface area contributed by atoms with Crippen molar-refractivity contribution < 1.29 is 4.74 Å². The minimum Gasteiger partial charge on any atom is -0.378 e. The number of halogens is 1. The molecule has 1 fully saturated rings. The first-order valence-corrected chi connectivity index (χ1v) is 6.35. The SMILES string of the molecule is Cc1ccc(C(NN)C2CCOC2C)cc1Cl. The number of hydrogen-bond acceptors (Lipinski definition) is 3. The fourth-order valence-electron chi connectivity index (χ4n) is 2.46. The molecule has 1 aliphatic rings. The maximum atomic E-state index is 6.16. The number of hydrogen-bond donors (Lipinski definition) is 2. The number of nitrogens with two attached hydrogens (primary N) is 1. The second-order valence-corrected chi connectivity index (χ2v) is 5.09. The van der Waals surface area contributed by atoms with E-state index in [9.17, 15) is 0 Å². The largest absolute Gasteiger partial charge is 0.378 e. The third-order valence-corrected chi connectivity index (χ3v) is 4.00. The van der Waals surface area contributed by atoms with Crippen LogP contribution in [0.2, 0.25) is 5.02 Å². The quantitative estimate of drug-likeness (QED) is 0.644. The summed E-state index contributed by atoms with van der Waals surface area (Å²) in [4.78, 5) is 0. The van der Waals surface area contributed by atoms with Crippen LogP contribution in [0.3, 0.4) is 0 Å². The highest BCUT2D eigenvalue weighted by Crippen LogP contribution is 2.34. The van der Waals surface area contributed by atoms with E-state index in [4.69, 9.17) is 22.2 Å². The van der Waals surface area contributed by atoms with E-state index in [1.165, 1.54) is 0 Å². The molecule has 0 bridgehead atoms. The van der Waals surface area contributed by atoms with Crippen molar-refractivity contribution in [2.75, 3.05) is 6.61 Å². The number of ether oxygens (including phenoxy) is 1. The molecule has 0 amide bonds. The Bertz CT molecular complexity index is 397. The van der Waals surface area contributed by atoms with Gasteiger partial charge in [-0.05, 0) is 37.5 Å². The number of nitrogens with one attached hydrogen (secondary N) is 1. The molecule has 3 atom stereocenters. The highest BCUT2D eigenvalue weighted by atomic mass is 35.5. The van der Waals surface area contributed by atoms with E-state index < -0.39 is 0 Å². The van der Waals surface area contributed by atoms with Gasteiger partial charge in [0, 0.05) is 17.5 Å². The monoisotopic (exact) mass is 254 g/mol. The molecule has 3 N–H and O–H groups in total. The smallest absolute Gasteiger partial charge is 0.0594 e. The van der Waals surface area contributed by atoms with Gasteiger partial charge in [0.1, 0.15) is 0 Å². The van der Waals surface area contributed by atoms with Gasteiger partial charge in [-0.25, -0.2) is 0 Å². The molecule has 1 aromatic carbocycles. The zero-order valence-electron chi connectivity index (χ0n) is 10.2. The van der Waals surface area contributed by atoms with Crippen molar-refractivity contribution in [1.82, 2.24) is 5.43 Å². The molecule has 1 aliphatic heterocycles. The lowest BCUT2D eigenvalue weighted by atomic mass is 9.88. The summed E-state index contributed by atoms with van der Waals surface area (Å²) in [6.07, 6.45) is 1.26. The van der Waals surface area contributed by atoms with Crippen LogP contribution in [0.15, 0.2) is 18.2 Å². The second kappa shape index (κ2) is 5.36. The van der Waals surface area contributed by atoms with E-state index in [1.54, 1.807) is 0 Å². The molecule has 4 heteroatoms. The van der Waals surface area contributed by atoms with Gasteiger partial charge in [0.2, 0.25) is 0 Å². The number of hydrazine groups is 1. The highest BCUT2D eigenvalue weighted by molar-refractivity contribution is 6.31. The third kappa shape index (κ3) is 2.63. The summed E-state index contributed by atoms with van der Waals surface area (Å²) in [5.41, 5.74) is 5.11. The summed E-state index contributed by atoms with van der Waals surface area (Å²) in [6.45, 7) is 4.90. The molecule has 0 radical (unpaired) electrons. The minimum absolute atomic E-state index is 0.102. The van der Waals surface area contributed by atoms with E-state index in [-0.39, 0.29) is 12.1 Å². The third-order valence-electron chi connectivity index (χ3n) is 3.60. The van der Waals surface area contributed by atoms with Crippen LogP contribution in [0.1, 0.15) is 30.5 Å². The molecule has 2 rings (SSSR count). The number of benzene rings is 1. The summed E-state index contributed by atoms with van der Waals surface area (Å²) in [7, 11) is 0. The van der Waals surface area contributed by atoms with Gasteiger partial charge in [-0.1, -0.05) is 23.7 Å². The van der Waals surface area contributed by atoms with Gasteiger partial charge in [-0.15, -0.1) is 0 Å². The van der Waals surface area contributed by atoms with Crippen molar-refractivity contribution in [3.05, 3.63) is 34.3 Å². The summed E-state index contributed by atoms with van der Waals surface area (Å²) >= 11 is 6.16.